The van der Waals surface area contributed by atoms with Gasteiger partial charge in [-0.1, -0.05) is 0 Å². The number of alkyl halides is 3. The fraction of sp³-hybridized carbons (Fsp3) is 0.182. The van der Waals surface area contributed by atoms with E-state index in [-0.39, 0.29) is 17.1 Å². The number of thiazole rings is 1. The first-order chi connectivity index (χ1) is 8.41. The van der Waals surface area contributed by atoms with Crippen LogP contribution in [-0.4, -0.2) is 4.98 Å². The molecule has 0 amide bonds. The molecule has 0 unspecified atom stereocenters. The number of hydrogen-bond donors (Lipinski definition) is 1. The summed E-state index contributed by atoms with van der Waals surface area (Å²) < 4.78 is 51.3. The average molecular weight is 276 g/mol. The van der Waals surface area contributed by atoms with Crippen LogP contribution < -0.4 is 5.73 Å². The van der Waals surface area contributed by atoms with E-state index in [1.807, 2.05) is 0 Å². The van der Waals surface area contributed by atoms with E-state index in [2.05, 4.69) is 4.98 Å². The molecule has 2 nitrogen and oxygen atoms in total. The van der Waals surface area contributed by atoms with Crippen molar-refractivity contribution >= 4 is 11.3 Å². The van der Waals surface area contributed by atoms with E-state index in [9.17, 15) is 17.6 Å². The van der Waals surface area contributed by atoms with Crippen molar-refractivity contribution in [1.82, 2.24) is 4.98 Å². The van der Waals surface area contributed by atoms with Crippen molar-refractivity contribution in [3.8, 4) is 10.6 Å². The van der Waals surface area contributed by atoms with Crippen molar-refractivity contribution in [3.63, 3.8) is 0 Å². The molecular weight excluding hydrogens is 268 g/mol. The number of hydrogen-bond acceptors (Lipinski definition) is 3. The topological polar surface area (TPSA) is 38.9 Å². The molecule has 0 bridgehead atoms. The normalized spacial score (nSPS) is 11.8. The second-order valence-electron chi connectivity index (χ2n) is 3.54. The Morgan fingerprint density at radius 1 is 1.28 bits per heavy atom. The van der Waals surface area contributed by atoms with Crippen molar-refractivity contribution in [3.05, 3.63) is 40.7 Å². The van der Waals surface area contributed by atoms with Gasteiger partial charge in [-0.2, -0.15) is 13.2 Å². The Morgan fingerprint density at radius 2 is 2.00 bits per heavy atom. The number of nitrogens with zero attached hydrogens (tertiary/aromatic N) is 1. The summed E-state index contributed by atoms with van der Waals surface area (Å²) in [6.07, 6.45) is -4.62. The number of rotatable bonds is 2. The van der Waals surface area contributed by atoms with E-state index >= 15 is 0 Å². The SMILES string of the molecule is NCc1csc(-c2ccc(F)cc2C(F)(F)F)n1. The van der Waals surface area contributed by atoms with Crippen LogP contribution in [0.3, 0.4) is 0 Å². The summed E-state index contributed by atoms with van der Waals surface area (Å²) in [4.78, 5) is 3.97. The minimum Gasteiger partial charge on any atom is -0.325 e. The fourth-order valence-electron chi connectivity index (χ4n) is 1.46. The highest BCUT2D eigenvalue weighted by atomic mass is 32.1. The van der Waals surface area contributed by atoms with Crippen LogP contribution in [0.1, 0.15) is 11.3 Å². The van der Waals surface area contributed by atoms with Gasteiger partial charge in [0.05, 0.1) is 11.3 Å². The maximum Gasteiger partial charge on any atom is 0.417 e. The third-order valence-electron chi connectivity index (χ3n) is 2.28. The van der Waals surface area contributed by atoms with Gasteiger partial charge < -0.3 is 5.73 Å². The van der Waals surface area contributed by atoms with Crippen molar-refractivity contribution in [2.45, 2.75) is 12.7 Å². The van der Waals surface area contributed by atoms with Crippen LogP contribution in [0.25, 0.3) is 10.6 Å². The Morgan fingerprint density at radius 3 is 2.56 bits per heavy atom. The summed E-state index contributed by atoms with van der Waals surface area (Å²) in [5, 5.41) is 1.77. The molecule has 0 spiro atoms. The summed E-state index contributed by atoms with van der Waals surface area (Å²) >= 11 is 1.05. The second-order valence-corrected chi connectivity index (χ2v) is 4.39. The molecule has 7 heteroatoms. The van der Waals surface area contributed by atoms with E-state index in [1.54, 1.807) is 5.38 Å². The van der Waals surface area contributed by atoms with Gasteiger partial charge in [-0.3, -0.25) is 0 Å². The van der Waals surface area contributed by atoms with E-state index in [1.165, 1.54) is 0 Å². The Kier molecular flexibility index (Phi) is 3.36. The molecular formula is C11H8F4N2S. The lowest BCUT2D eigenvalue weighted by Gasteiger charge is -2.10. The zero-order chi connectivity index (χ0) is 13.3. The van der Waals surface area contributed by atoms with Crippen LogP contribution >= 0.6 is 11.3 Å². The van der Waals surface area contributed by atoms with Crippen molar-refractivity contribution in [1.29, 1.82) is 0 Å². The van der Waals surface area contributed by atoms with Crippen molar-refractivity contribution in [2.24, 2.45) is 5.73 Å². The molecule has 2 N–H and O–H groups in total. The summed E-state index contributed by atoms with van der Waals surface area (Å²) in [5.74, 6) is -0.929. The van der Waals surface area contributed by atoms with Gasteiger partial charge in [-0.05, 0) is 18.2 Å². The van der Waals surface area contributed by atoms with Gasteiger partial charge in [0.2, 0.25) is 0 Å². The van der Waals surface area contributed by atoms with Crippen LogP contribution in [0.5, 0.6) is 0 Å². The smallest absolute Gasteiger partial charge is 0.325 e. The van der Waals surface area contributed by atoms with Gasteiger partial charge in [0, 0.05) is 17.5 Å². The largest absolute Gasteiger partial charge is 0.417 e. The molecule has 96 valence electrons. The number of halogens is 4. The lowest BCUT2D eigenvalue weighted by Crippen LogP contribution is -2.07. The number of benzene rings is 1. The first-order valence-electron chi connectivity index (χ1n) is 4.93. The maximum atomic E-state index is 12.9. The molecule has 0 fully saturated rings. The maximum absolute atomic E-state index is 12.9. The quantitative estimate of drug-likeness (QED) is 0.853. The molecule has 2 aromatic rings. The number of nitrogens with two attached hydrogens (primary N) is 1. The van der Waals surface area contributed by atoms with E-state index in [4.69, 9.17) is 5.73 Å². The first-order valence-corrected chi connectivity index (χ1v) is 5.81. The Balaban J connectivity index is 2.56. The highest BCUT2D eigenvalue weighted by Crippen LogP contribution is 2.38. The number of aromatic nitrogens is 1. The molecule has 0 radical (unpaired) electrons. The van der Waals surface area contributed by atoms with E-state index in [0.717, 1.165) is 23.5 Å². The Labute approximate surface area is 104 Å². The summed E-state index contributed by atoms with van der Waals surface area (Å²) in [6, 6.07) is 2.53. The molecule has 1 heterocycles. The average Bonchev–Trinajstić information content (AvgIpc) is 2.76. The fourth-order valence-corrected chi connectivity index (χ4v) is 2.33. The third-order valence-corrected chi connectivity index (χ3v) is 3.20. The van der Waals surface area contributed by atoms with Gasteiger partial charge in [0.25, 0.3) is 0 Å². The minimum absolute atomic E-state index is 0.131. The highest BCUT2D eigenvalue weighted by molar-refractivity contribution is 7.13. The Hall–Kier alpha value is -1.47. The van der Waals surface area contributed by atoms with Gasteiger partial charge >= 0.3 is 6.18 Å². The molecule has 0 aliphatic heterocycles. The second kappa shape index (κ2) is 4.66. The summed E-state index contributed by atoms with van der Waals surface area (Å²) in [7, 11) is 0. The van der Waals surface area contributed by atoms with E-state index in [0.29, 0.717) is 11.8 Å². The van der Waals surface area contributed by atoms with Crippen molar-refractivity contribution < 1.29 is 17.6 Å². The Bertz CT molecular complexity index is 562. The summed E-state index contributed by atoms with van der Waals surface area (Å²) in [5.41, 5.74) is 4.70. The molecule has 0 aliphatic rings. The molecule has 1 aromatic heterocycles. The van der Waals surface area contributed by atoms with E-state index < -0.39 is 17.6 Å². The minimum atomic E-state index is -4.62. The lowest BCUT2D eigenvalue weighted by molar-refractivity contribution is -0.137. The predicted octanol–water partition coefficient (Wildman–Crippen LogP) is 3.43. The van der Waals surface area contributed by atoms with Gasteiger partial charge in [0.15, 0.2) is 0 Å². The predicted molar refractivity (Wildman–Crippen MR) is 60.4 cm³/mol. The van der Waals surface area contributed by atoms with Crippen LogP contribution in [0.4, 0.5) is 17.6 Å². The monoisotopic (exact) mass is 276 g/mol. The standard InChI is InChI=1S/C11H8F4N2S/c12-6-1-2-8(9(3-6)11(13,14)15)10-17-7(4-16)5-18-10/h1-3,5H,4,16H2. The molecule has 0 aliphatic carbocycles. The first kappa shape index (κ1) is 13.0. The van der Waals surface area contributed by atoms with Gasteiger partial charge in [0.1, 0.15) is 10.8 Å². The highest BCUT2D eigenvalue weighted by Gasteiger charge is 2.34. The van der Waals surface area contributed by atoms with Crippen molar-refractivity contribution in [2.75, 3.05) is 0 Å². The lowest BCUT2D eigenvalue weighted by atomic mass is 10.1. The van der Waals surface area contributed by atoms with Gasteiger partial charge in [-0.25, -0.2) is 9.37 Å². The molecule has 0 atom stereocenters. The van der Waals surface area contributed by atoms with Crippen LogP contribution in [-0.2, 0) is 12.7 Å². The molecule has 18 heavy (non-hydrogen) atoms. The molecule has 2 rings (SSSR count). The molecule has 1 aromatic carbocycles. The zero-order valence-corrected chi connectivity index (χ0v) is 9.78. The summed E-state index contributed by atoms with van der Waals surface area (Å²) in [6.45, 7) is 0.152. The third kappa shape index (κ3) is 2.51. The zero-order valence-electron chi connectivity index (χ0n) is 8.96. The molecule has 0 saturated heterocycles. The van der Waals surface area contributed by atoms with Gasteiger partial charge in [-0.15, -0.1) is 11.3 Å². The van der Waals surface area contributed by atoms with Crippen LogP contribution in [0, 0.1) is 5.82 Å². The van der Waals surface area contributed by atoms with Crippen LogP contribution in [0.15, 0.2) is 23.6 Å². The molecule has 0 saturated carbocycles. The van der Waals surface area contributed by atoms with Crippen LogP contribution in [0.2, 0.25) is 0 Å².